The molecule has 0 saturated heterocycles. The summed E-state index contributed by atoms with van der Waals surface area (Å²) >= 11 is 0. The Morgan fingerprint density at radius 1 is 0.846 bits per heavy atom. The minimum atomic E-state index is 0.649. The van der Waals surface area contributed by atoms with Crippen LogP contribution >= 0.6 is 0 Å². The van der Waals surface area contributed by atoms with Crippen LogP contribution in [0.1, 0.15) is 15.9 Å². The molecule has 134 valence electrons. The van der Waals surface area contributed by atoms with Gasteiger partial charge in [-0.2, -0.15) is 0 Å². The predicted molar refractivity (Wildman–Crippen MR) is 104 cm³/mol. The second-order valence-electron chi connectivity index (χ2n) is 5.45. The molecule has 0 fully saturated rings. The van der Waals surface area contributed by atoms with E-state index in [0.717, 1.165) is 30.0 Å². The number of carbonyl (C=O) groups excluding carboxylic acids is 1. The van der Waals surface area contributed by atoms with Crippen molar-refractivity contribution in [3.05, 3.63) is 90.0 Å². The molecule has 0 unspecified atom stereocenters. The van der Waals surface area contributed by atoms with Crippen molar-refractivity contribution in [1.82, 2.24) is 0 Å². The molecule has 26 heavy (non-hydrogen) atoms. The minimum Gasteiger partial charge on any atom is -0.496 e. The first-order chi connectivity index (χ1) is 12.8. The molecule has 0 aliphatic heterocycles. The third-order valence-corrected chi connectivity index (χ3v) is 3.60. The first-order valence-corrected chi connectivity index (χ1v) is 8.37. The van der Waals surface area contributed by atoms with Gasteiger partial charge >= 0.3 is 0 Å². The van der Waals surface area contributed by atoms with Gasteiger partial charge in [-0.25, -0.2) is 0 Å². The average molecular weight is 349 g/mol. The van der Waals surface area contributed by atoms with Gasteiger partial charge in [0.1, 0.15) is 23.5 Å². The van der Waals surface area contributed by atoms with Gasteiger partial charge < -0.3 is 15.2 Å². The Labute approximate surface area is 154 Å². The number of benzene rings is 3. The van der Waals surface area contributed by atoms with E-state index in [0.29, 0.717) is 12.1 Å². The van der Waals surface area contributed by atoms with E-state index >= 15 is 0 Å². The standard InChI is InChI=1S/C13H10O2.C9H13NO/c14-10-11-6-8-13(9-7-11)15-12-4-2-1-3-5-12;1-11-9-5-3-2-4-8(9)6-7-10/h1-10H;2-5H,6-7,10H2,1H3. The lowest BCUT2D eigenvalue weighted by molar-refractivity contribution is 0.112. The predicted octanol–water partition coefficient (Wildman–Crippen LogP) is 4.49. The number of hydrogen-bond acceptors (Lipinski definition) is 4. The highest BCUT2D eigenvalue weighted by Crippen LogP contribution is 2.20. The summed E-state index contributed by atoms with van der Waals surface area (Å²) in [5.41, 5.74) is 7.26. The number of carbonyl (C=O) groups is 1. The van der Waals surface area contributed by atoms with Gasteiger partial charge in [0.25, 0.3) is 0 Å². The first-order valence-electron chi connectivity index (χ1n) is 8.37. The van der Waals surface area contributed by atoms with Gasteiger partial charge in [-0.05, 0) is 61.0 Å². The average Bonchev–Trinajstić information content (AvgIpc) is 2.70. The molecule has 0 atom stereocenters. The van der Waals surface area contributed by atoms with Crippen LogP contribution in [0.25, 0.3) is 0 Å². The highest BCUT2D eigenvalue weighted by atomic mass is 16.5. The highest BCUT2D eigenvalue weighted by Gasteiger charge is 1.98. The molecule has 0 aliphatic rings. The number of methoxy groups -OCH3 is 1. The molecule has 4 heteroatoms. The summed E-state index contributed by atoms with van der Waals surface area (Å²) in [7, 11) is 1.68. The van der Waals surface area contributed by atoms with E-state index in [1.807, 2.05) is 54.6 Å². The summed E-state index contributed by atoms with van der Waals surface area (Å²) in [6.45, 7) is 0.667. The van der Waals surface area contributed by atoms with Crippen LogP contribution in [0.15, 0.2) is 78.9 Å². The van der Waals surface area contributed by atoms with Gasteiger partial charge in [-0.15, -0.1) is 0 Å². The van der Waals surface area contributed by atoms with Gasteiger partial charge in [0, 0.05) is 5.56 Å². The third kappa shape index (κ3) is 6.07. The molecule has 0 bridgehead atoms. The van der Waals surface area contributed by atoms with Crippen molar-refractivity contribution in [2.75, 3.05) is 13.7 Å². The molecular formula is C22H23NO3. The number of para-hydroxylation sites is 2. The normalized spacial score (nSPS) is 9.62. The summed E-state index contributed by atoms with van der Waals surface area (Å²) in [5.74, 6) is 2.45. The van der Waals surface area contributed by atoms with Crippen LogP contribution in [0, 0.1) is 0 Å². The fourth-order valence-electron chi connectivity index (χ4n) is 2.30. The SMILES string of the molecule is COc1ccccc1CCN.O=Cc1ccc(Oc2ccccc2)cc1. The van der Waals surface area contributed by atoms with E-state index in [9.17, 15) is 4.79 Å². The second-order valence-corrected chi connectivity index (χ2v) is 5.45. The Morgan fingerprint density at radius 2 is 1.46 bits per heavy atom. The maximum absolute atomic E-state index is 10.4. The molecular weight excluding hydrogens is 326 g/mol. The topological polar surface area (TPSA) is 61.5 Å². The van der Waals surface area contributed by atoms with Crippen LogP contribution in [0.2, 0.25) is 0 Å². The fraction of sp³-hybridized carbons (Fsp3) is 0.136. The molecule has 4 nitrogen and oxygen atoms in total. The van der Waals surface area contributed by atoms with Gasteiger partial charge in [-0.1, -0.05) is 36.4 Å². The molecule has 0 spiro atoms. The van der Waals surface area contributed by atoms with Crippen molar-refractivity contribution >= 4 is 6.29 Å². The summed E-state index contributed by atoms with van der Waals surface area (Å²) in [6, 6.07) is 24.5. The molecule has 0 radical (unpaired) electrons. The minimum absolute atomic E-state index is 0.649. The van der Waals surface area contributed by atoms with Crippen LogP contribution in [0.4, 0.5) is 0 Å². The number of nitrogens with two attached hydrogens (primary N) is 1. The first kappa shape index (κ1) is 19.2. The summed E-state index contributed by atoms with van der Waals surface area (Å²) < 4.78 is 10.7. The Balaban J connectivity index is 0.000000197. The molecule has 0 aromatic heterocycles. The molecule has 0 amide bonds. The van der Waals surface area contributed by atoms with Crippen molar-refractivity contribution in [2.45, 2.75) is 6.42 Å². The summed E-state index contributed by atoms with van der Waals surface area (Å²) in [4.78, 5) is 10.4. The monoisotopic (exact) mass is 349 g/mol. The Kier molecular flexibility index (Phi) is 7.90. The molecule has 0 aliphatic carbocycles. The quantitative estimate of drug-likeness (QED) is 0.666. The highest BCUT2D eigenvalue weighted by molar-refractivity contribution is 5.74. The van der Waals surface area contributed by atoms with Gasteiger partial charge in [0.2, 0.25) is 0 Å². The van der Waals surface area contributed by atoms with E-state index in [1.54, 1.807) is 31.4 Å². The maximum atomic E-state index is 10.4. The van der Waals surface area contributed by atoms with E-state index in [-0.39, 0.29) is 0 Å². The third-order valence-electron chi connectivity index (χ3n) is 3.60. The second kappa shape index (κ2) is 10.7. The lowest BCUT2D eigenvalue weighted by Crippen LogP contribution is -2.03. The molecule has 3 aromatic carbocycles. The van der Waals surface area contributed by atoms with Crippen LogP contribution < -0.4 is 15.2 Å². The number of aldehydes is 1. The molecule has 2 N–H and O–H groups in total. The fourth-order valence-corrected chi connectivity index (χ4v) is 2.30. The van der Waals surface area contributed by atoms with Gasteiger partial charge in [0.05, 0.1) is 7.11 Å². The molecule has 3 aromatic rings. The van der Waals surface area contributed by atoms with Crippen molar-refractivity contribution < 1.29 is 14.3 Å². The van der Waals surface area contributed by atoms with Crippen molar-refractivity contribution in [2.24, 2.45) is 5.73 Å². The number of hydrogen-bond donors (Lipinski definition) is 1. The molecule has 0 saturated carbocycles. The van der Waals surface area contributed by atoms with Crippen molar-refractivity contribution in [3.63, 3.8) is 0 Å². The van der Waals surface area contributed by atoms with Crippen LogP contribution in [-0.4, -0.2) is 19.9 Å². The Bertz CT molecular complexity index is 786. The Morgan fingerprint density at radius 3 is 2.08 bits per heavy atom. The number of ether oxygens (including phenoxy) is 2. The lowest BCUT2D eigenvalue weighted by Gasteiger charge is -2.05. The van der Waals surface area contributed by atoms with Crippen molar-refractivity contribution in [1.29, 1.82) is 0 Å². The van der Waals surface area contributed by atoms with Gasteiger partial charge in [-0.3, -0.25) is 4.79 Å². The molecule has 3 rings (SSSR count). The largest absolute Gasteiger partial charge is 0.496 e. The van der Waals surface area contributed by atoms with Crippen molar-refractivity contribution in [3.8, 4) is 17.2 Å². The van der Waals surface area contributed by atoms with Crippen LogP contribution in [-0.2, 0) is 6.42 Å². The smallest absolute Gasteiger partial charge is 0.150 e. The van der Waals surface area contributed by atoms with E-state index < -0.39 is 0 Å². The lowest BCUT2D eigenvalue weighted by atomic mass is 10.1. The zero-order valence-electron chi connectivity index (χ0n) is 14.8. The number of rotatable bonds is 6. The Hall–Kier alpha value is -3.11. The summed E-state index contributed by atoms with van der Waals surface area (Å²) in [6.07, 6.45) is 1.69. The maximum Gasteiger partial charge on any atom is 0.150 e. The molecule has 0 heterocycles. The van der Waals surface area contributed by atoms with Gasteiger partial charge in [0.15, 0.2) is 0 Å². The zero-order chi connectivity index (χ0) is 18.6. The van der Waals surface area contributed by atoms with E-state index in [1.165, 1.54) is 5.56 Å². The summed E-state index contributed by atoms with van der Waals surface area (Å²) in [5, 5.41) is 0. The zero-order valence-corrected chi connectivity index (χ0v) is 14.8. The van der Waals surface area contributed by atoms with E-state index in [2.05, 4.69) is 0 Å². The van der Waals surface area contributed by atoms with E-state index in [4.69, 9.17) is 15.2 Å². The van der Waals surface area contributed by atoms with Crippen LogP contribution in [0.5, 0.6) is 17.2 Å². The van der Waals surface area contributed by atoms with Crippen LogP contribution in [0.3, 0.4) is 0 Å².